The van der Waals surface area contributed by atoms with Crippen molar-refractivity contribution in [3.05, 3.63) is 10.2 Å². The molecule has 0 bridgehead atoms. The fraction of sp³-hybridized carbons (Fsp3) is 0.824. The van der Waals surface area contributed by atoms with E-state index in [2.05, 4.69) is 43.0 Å². The number of carbonyl (C=O) groups is 1. The van der Waals surface area contributed by atoms with Crippen LogP contribution in [0.2, 0.25) is 0 Å². The average molecular weight is 404 g/mol. The lowest BCUT2D eigenvalue weighted by molar-refractivity contribution is -0.298. The van der Waals surface area contributed by atoms with Gasteiger partial charge in [-0.1, -0.05) is 20.4 Å². The number of carbonyl (C=O) groups excluding carboxylic acids is 1. The molecule has 1 aliphatic heterocycles. The van der Waals surface area contributed by atoms with E-state index in [1.807, 2.05) is 0 Å². The molecule has 0 N–H and O–H groups in total. The zero-order valence-corrected chi connectivity index (χ0v) is 15.1. The van der Waals surface area contributed by atoms with Gasteiger partial charge >= 0.3 is 0 Å². The lowest BCUT2D eigenvalue weighted by Gasteiger charge is -2.42. The van der Waals surface area contributed by atoms with E-state index in [1.54, 1.807) is 0 Å². The molecular formula is C17H25IO3. The summed E-state index contributed by atoms with van der Waals surface area (Å²) in [6, 6.07) is 0. The minimum absolute atomic E-state index is 0.115. The Balaban J connectivity index is 1.72. The smallest absolute Gasteiger partial charge is 0.168 e. The van der Waals surface area contributed by atoms with Crippen molar-refractivity contribution in [3.8, 4) is 0 Å². The van der Waals surface area contributed by atoms with E-state index >= 15 is 0 Å². The fourth-order valence-electron chi connectivity index (χ4n) is 4.45. The monoisotopic (exact) mass is 404 g/mol. The van der Waals surface area contributed by atoms with Gasteiger partial charge in [-0.05, 0) is 56.8 Å². The molecule has 0 aromatic carbocycles. The second-order valence-corrected chi connectivity index (χ2v) is 9.43. The number of hydrogen-bond donors (Lipinski definition) is 0. The van der Waals surface area contributed by atoms with Gasteiger partial charge in [-0.15, -0.1) is 0 Å². The topological polar surface area (TPSA) is 35.5 Å². The normalized spacial score (nSPS) is 40.1. The maximum Gasteiger partial charge on any atom is 0.168 e. The maximum absolute atomic E-state index is 11.4. The molecule has 4 atom stereocenters. The van der Waals surface area contributed by atoms with Crippen LogP contribution < -0.4 is 0 Å². The summed E-state index contributed by atoms with van der Waals surface area (Å²) in [7, 11) is 0. The minimum atomic E-state index is -0.371. The van der Waals surface area contributed by atoms with E-state index in [0.717, 1.165) is 42.5 Å². The zero-order chi connectivity index (χ0) is 15.3. The molecule has 0 aromatic heterocycles. The molecule has 1 saturated heterocycles. The predicted octanol–water partition coefficient (Wildman–Crippen LogP) is 3.96. The van der Waals surface area contributed by atoms with Crippen LogP contribution >= 0.6 is 22.6 Å². The van der Waals surface area contributed by atoms with E-state index in [9.17, 15) is 4.79 Å². The Morgan fingerprint density at radius 1 is 1.33 bits per heavy atom. The summed E-state index contributed by atoms with van der Waals surface area (Å²) in [5.41, 5.74) is 0.115. The quantitative estimate of drug-likeness (QED) is 0.528. The molecule has 118 valence electrons. The SMILES string of the molecule is C=C(I)C[C@H]1[C@@H]2CC3(C[C@@H]2C[C@@H]1C=O)OCC(C)(C)CO3. The maximum atomic E-state index is 11.4. The van der Waals surface area contributed by atoms with Crippen LogP contribution in [0.1, 0.15) is 39.5 Å². The highest BCUT2D eigenvalue weighted by atomic mass is 127. The van der Waals surface area contributed by atoms with Crippen molar-refractivity contribution in [1.29, 1.82) is 0 Å². The molecule has 0 unspecified atom stereocenters. The zero-order valence-electron chi connectivity index (χ0n) is 12.9. The molecule has 4 heteroatoms. The third kappa shape index (κ3) is 3.08. The van der Waals surface area contributed by atoms with Gasteiger partial charge < -0.3 is 14.3 Å². The number of aldehydes is 1. The van der Waals surface area contributed by atoms with Gasteiger partial charge in [0.25, 0.3) is 0 Å². The standard InChI is InChI=1S/C17H25IO3/c1-11(18)4-14-13(8-19)5-12-6-17(7-15(12)14)20-9-16(2,3)10-21-17/h8,12-15H,1,4-7,9-10H2,2-3H3/t12-,13+,14+,15+/m0/s1. The number of halogens is 1. The van der Waals surface area contributed by atoms with Gasteiger partial charge in [-0.2, -0.15) is 0 Å². The third-order valence-corrected chi connectivity index (χ3v) is 5.92. The van der Waals surface area contributed by atoms with Crippen molar-refractivity contribution in [2.75, 3.05) is 13.2 Å². The highest BCUT2D eigenvalue weighted by Crippen LogP contribution is 2.57. The second-order valence-electron chi connectivity index (χ2n) is 7.91. The molecule has 1 spiro atoms. The van der Waals surface area contributed by atoms with E-state index < -0.39 is 0 Å². The Bertz CT molecular complexity index is 435. The first-order valence-corrected chi connectivity index (χ1v) is 8.98. The Kier molecular flexibility index (Phi) is 4.25. The fourth-order valence-corrected chi connectivity index (χ4v) is 4.96. The lowest BCUT2D eigenvalue weighted by atomic mass is 9.85. The highest BCUT2D eigenvalue weighted by Gasteiger charge is 2.56. The van der Waals surface area contributed by atoms with Gasteiger partial charge in [0.1, 0.15) is 6.29 Å². The molecule has 21 heavy (non-hydrogen) atoms. The van der Waals surface area contributed by atoms with Crippen molar-refractivity contribution in [2.24, 2.45) is 29.1 Å². The van der Waals surface area contributed by atoms with Gasteiger partial charge in [-0.25, -0.2) is 0 Å². The number of fused-ring (bicyclic) bond motifs is 1. The first-order valence-electron chi connectivity index (χ1n) is 7.91. The van der Waals surface area contributed by atoms with Crippen LogP contribution in [0, 0.1) is 29.1 Å². The molecule has 3 fully saturated rings. The van der Waals surface area contributed by atoms with Crippen LogP contribution in [0.4, 0.5) is 0 Å². The van der Waals surface area contributed by atoms with Crippen LogP contribution in [0.5, 0.6) is 0 Å². The summed E-state index contributed by atoms with van der Waals surface area (Å²) in [6.07, 6.45) is 5.03. The molecule has 0 radical (unpaired) electrons. The molecular weight excluding hydrogens is 379 g/mol. The minimum Gasteiger partial charge on any atom is -0.349 e. The summed E-state index contributed by atoms with van der Waals surface area (Å²) in [5, 5.41) is 0. The Morgan fingerprint density at radius 2 is 2.00 bits per heavy atom. The summed E-state index contributed by atoms with van der Waals surface area (Å²) in [5.74, 6) is 1.38. The van der Waals surface area contributed by atoms with Crippen LogP contribution in [0.15, 0.2) is 10.2 Å². The Morgan fingerprint density at radius 3 is 2.57 bits per heavy atom. The van der Waals surface area contributed by atoms with E-state index in [0.29, 0.717) is 17.8 Å². The number of ether oxygens (including phenoxy) is 2. The number of allylic oxidation sites excluding steroid dienone is 1. The summed E-state index contributed by atoms with van der Waals surface area (Å²) in [4.78, 5) is 11.4. The van der Waals surface area contributed by atoms with Crippen molar-refractivity contribution in [3.63, 3.8) is 0 Å². The first kappa shape index (κ1) is 15.9. The van der Waals surface area contributed by atoms with Gasteiger partial charge in [0.05, 0.1) is 13.2 Å². The van der Waals surface area contributed by atoms with Gasteiger partial charge in [0.2, 0.25) is 0 Å². The summed E-state index contributed by atoms with van der Waals surface area (Å²) >= 11 is 2.29. The lowest BCUT2D eigenvalue weighted by Crippen LogP contribution is -2.46. The summed E-state index contributed by atoms with van der Waals surface area (Å²) in [6.45, 7) is 9.94. The molecule has 2 aliphatic carbocycles. The van der Waals surface area contributed by atoms with E-state index in [4.69, 9.17) is 9.47 Å². The first-order chi connectivity index (χ1) is 9.84. The van der Waals surface area contributed by atoms with Crippen LogP contribution in [-0.4, -0.2) is 25.3 Å². The van der Waals surface area contributed by atoms with Crippen molar-refractivity contribution in [2.45, 2.75) is 45.3 Å². The molecule has 2 saturated carbocycles. The van der Waals surface area contributed by atoms with Crippen molar-refractivity contribution < 1.29 is 14.3 Å². The molecule has 3 nitrogen and oxygen atoms in total. The predicted molar refractivity (Wildman–Crippen MR) is 90.1 cm³/mol. The van der Waals surface area contributed by atoms with Crippen LogP contribution in [-0.2, 0) is 14.3 Å². The largest absolute Gasteiger partial charge is 0.349 e. The van der Waals surface area contributed by atoms with E-state index in [-0.39, 0.29) is 17.1 Å². The Labute approximate surface area is 141 Å². The van der Waals surface area contributed by atoms with Crippen LogP contribution in [0.25, 0.3) is 0 Å². The van der Waals surface area contributed by atoms with Gasteiger partial charge in [-0.3, -0.25) is 0 Å². The third-order valence-electron chi connectivity index (χ3n) is 5.48. The summed E-state index contributed by atoms with van der Waals surface area (Å²) < 4.78 is 13.5. The molecule has 1 heterocycles. The van der Waals surface area contributed by atoms with E-state index in [1.165, 1.54) is 6.29 Å². The molecule has 3 rings (SSSR count). The van der Waals surface area contributed by atoms with Gasteiger partial charge in [0, 0.05) is 24.2 Å². The average Bonchev–Trinajstić information content (AvgIpc) is 2.90. The number of hydrogen-bond acceptors (Lipinski definition) is 3. The second kappa shape index (κ2) is 5.60. The molecule has 0 amide bonds. The Hall–Kier alpha value is 0.0600. The highest BCUT2D eigenvalue weighted by molar-refractivity contribution is 14.1. The van der Waals surface area contributed by atoms with Crippen LogP contribution in [0.3, 0.4) is 0 Å². The molecule has 0 aromatic rings. The number of rotatable bonds is 3. The molecule has 3 aliphatic rings. The van der Waals surface area contributed by atoms with Crippen molar-refractivity contribution in [1.82, 2.24) is 0 Å². The van der Waals surface area contributed by atoms with Crippen molar-refractivity contribution >= 4 is 28.9 Å². The van der Waals surface area contributed by atoms with Gasteiger partial charge in [0.15, 0.2) is 5.79 Å².